The molecule has 256 valence electrons. The number of aldehydes is 1. The first kappa shape index (κ1) is 33.5. The Bertz CT molecular complexity index is 1160. The van der Waals surface area contributed by atoms with Gasteiger partial charge < -0.3 is 0 Å². The van der Waals surface area contributed by atoms with Crippen molar-refractivity contribution in [3.63, 3.8) is 0 Å². The van der Waals surface area contributed by atoms with E-state index < -0.39 is 20.1 Å². The summed E-state index contributed by atoms with van der Waals surface area (Å²) in [4.78, 5) is 12.3. The molecular formula is C40H61IN3O2-. The van der Waals surface area contributed by atoms with Crippen molar-refractivity contribution in [2.24, 2.45) is 41.4 Å². The summed E-state index contributed by atoms with van der Waals surface area (Å²) >= 11 is -1.44. The number of alkyl halides is 1. The third kappa shape index (κ3) is 7.91. The molecule has 0 amide bonds. The minimum atomic E-state index is -1.44. The van der Waals surface area contributed by atoms with Crippen LogP contribution in [0.15, 0.2) is 33.9 Å². The molecule has 4 aliphatic carbocycles. The van der Waals surface area contributed by atoms with E-state index in [-0.39, 0.29) is 0 Å². The molecular weight excluding hydrogens is 681 g/mol. The molecule has 5 fully saturated rings. The zero-order valence-electron chi connectivity index (χ0n) is 28.7. The Labute approximate surface area is 287 Å². The number of rotatable bonds is 10. The summed E-state index contributed by atoms with van der Waals surface area (Å²) in [5.74, 6) is 4.62. The van der Waals surface area contributed by atoms with Crippen LogP contribution >= 0.6 is 20.1 Å². The predicted molar refractivity (Wildman–Crippen MR) is 199 cm³/mol. The Morgan fingerprint density at radius 2 is 1.65 bits per heavy atom. The zero-order valence-corrected chi connectivity index (χ0v) is 30.8. The third-order valence-corrected chi connectivity index (χ3v) is 17.1. The van der Waals surface area contributed by atoms with Crippen LogP contribution in [0.25, 0.3) is 5.53 Å². The van der Waals surface area contributed by atoms with Crippen molar-refractivity contribution in [1.82, 2.24) is 3.22 Å². The molecule has 46 heavy (non-hydrogen) atoms. The first-order chi connectivity index (χ1) is 22.7. The molecule has 0 N–H and O–H groups in total. The number of nitrogens with zero attached hydrogens (tertiary/aromatic N) is 3. The second-order valence-corrected chi connectivity index (χ2v) is 20.4. The fraction of sp³-hybridized carbons (Fsp3) is 0.775. The van der Waals surface area contributed by atoms with Crippen LogP contribution < -0.4 is 5.01 Å². The van der Waals surface area contributed by atoms with Crippen molar-refractivity contribution >= 4 is 32.1 Å². The van der Waals surface area contributed by atoms with Crippen molar-refractivity contribution in [1.29, 1.82) is 0 Å². The van der Waals surface area contributed by atoms with E-state index in [4.69, 9.17) is 10.3 Å². The Morgan fingerprint density at radius 3 is 2.43 bits per heavy atom. The molecule has 0 spiro atoms. The van der Waals surface area contributed by atoms with Gasteiger partial charge in [-0.05, 0) is 0 Å². The average molecular weight is 743 g/mol. The molecule has 0 bridgehead atoms. The van der Waals surface area contributed by atoms with E-state index in [1.54, 1.807) is 0 Å². The number of benzene rings is 1. The van der Waals surface area contributed by atoms with E-state index in [0.717, 1.165) is 30.7 Å². The number of aryl methyl sites for hydroxylation is 1. The Kier molecular flexibility index (Phi) is 11.8. The normalized spacial score (nSPS) is 35.8. The van der Waals surface area contributed by atoms with Gasteiger partial charge in [-0.3, -0.25) is 0 Å². The molecule has 7 unspecified atom stereocenters. The van der Waals surface area contributed by atoms with Gasteiger partial charge in [-0.1, -0.05) is 0 Å². The van der Waals surface area contributed by atoms with Crippen LogP contribution in [0.3, 0.4) is 0 Å². The number of para-hydroxylation sites is 1. The van der Waals surface area contributed by atoms with Gasteiger partial charge in [0.2, 0.25) is 0 Å². The molecule has 2 aliphatic heterocycles. The van der Waals surface area contributed by atoms with Crippen LogP contribution in [0, 0.1) is 41.4 Å². The fourth-order valence-corrected chi connectivity index (χ4v) is 15.0. The van der Waals surface area contributed by atoms with E-state index in [2.05, 4.69) is 36.6 Å². The summed E-state index contributed by atoms with van der Waals surface area (Å²) in [6.45, 7) is 1.04. The number of carbonyl (C=O) groups is 1. The number of halogens is 1. The van der Waals surface area contributed by atoms with Crippen molar-refractivity contribution in [3.8, 4) is 0 Å². The quantitative estimate of drug-likeness (QED) is 0.0456. The third-order valence-electron chi connectivity index (χ3n) is 13.1. The molecule has 1 saturated heterocycles. The van der Waals surface area contributed by atoms with Gasteiger partial charge in [-0.2, -0.15) is 0 Å². The summed E-state index contributed by atoms with van der Waals surface area (Å²) in [7, 11) is 2.00. The summed E-state index contributed by atoms with van der Waals surface area (Å²) in [6.07, 6.45) is 28.3. The molecule has 7 rings (SSSR count). The van der Waals surface area contributed by atoms with E-state index in [1.165, 1.54) is 144 Å². The number of methoxy groups -OCH3 is 1. The fourth-order valence-electron chi connectivity index (χ4n) is 10.7. The SMILES string of the molecule is COC1CCCC(/C(=C\I2CN2[N-]N2CCCc3ccccc32)CC2CCC(C=O)C(C3CCCCC3)C2)C1C1CCCCCC1. The van der Waals surface area contributed by atoms with Crippen LogP contribution in [-0.2, 0) is 16.0 Å². The van der Waals surface area contributed by atoms with Gasteiger partial charge in [0.25, 0.3) is 0 Å². The molecule has 5 nitrogen and oxygen atoms in total. The van der Waals surface area contributed by atoms with Crippen LogP contribution in [0.5, 0.6) is 0 Å². The standard InChI is InChI=1S/C40H61IN3O2/c1-46-39-21-11-19-36(40(39)33-16-5-2-3-6-17-33)35(25-30-22-23-34(28-45)37(26-30)31-13-7-4-8-14-31)27-41-29-44(41)42-43-24-12-18-32-15-9-10-20-38(32)43/h9-10,15,20,27-28,30-31,33-34,36-37,39-40H,2-8,11-14,16-19,21-26,29H2,1H3/q-1/b35-27-. The van der Waals surface area contributed by atoms with Gasteiger partial charge in [-0.15, -0.1) is 0 Å². The second kappa shape index (κ2) is 16.2. The summed E-state index contributed by atoms with van der Waals surface area (Å²) in [5.41, 5.74) is 9.88. The molecule has 4 saturated carbocycles. The number of allylic oxidation sites excluding steroid dienone is 1. The topological polar surface area (TPSA) is 46.7 Å². The second-order valence-electron chi connectivity index (χ2n) is 15.8. The van der Waals surface area contributed by atoms with E-state index >= 15 is 0 Å². The maximum atomic E-state index is 12.3. The summed E-state index contributed by atoms with van der Waals surface area (Å²) in [6, 6.07) is 8.91. The van der Waals surface area contributed by atoms with Gasteiger partial charge >= 0.3 is 289 Å². The average Bonchev–Trinajstić information content (AvgIpc) is 3.90. The van der Waals surface area contributed by atoms with Crippen LogP contribution in [0.1, 0.15) is 128 Å². The van der Waals surface area contributed by atoms with E-state index in [9.17, 15) is 4.79 Å². The van der Waals surface area contributed by atoms with E-state index in [1.807, 2.05) is 12.7 Å². The Hall–Kier alpha value is -0.960. The number of ether oxygens (including phenoxy) is 1. The Balaban J connectivity index is 1.13. The van der Waals surface area contributed by atoms with Crippen molar-refractivity contribution < 1.29 is 9.53 Å². The molecule has 0 aromatic heterocycles. The van der Waals surface area contributed by atoms with Gasteiger partial charge in [0.1, 0.15) is 0 Å². The van der Waals surface area contributed by atoms with Gasteiger partial charge in [0.05, 0.1) is 0 Å². The molecule has 6 aliphatic rings. The number of carbonyl (C=O) groups excluding carboxylic acids is 1. The molecule has 2 heterocycles. The van der Waals surface area contributed by atoms with E-state index in [0.29, 0.717) is 29.8 Å². The van der Waals surface area contributed by atoms with Crippen molar-refractivity contribution in [3.05, 3.63) is 45.0 Å². The molecule has 0 radical (unpaired) electrons. The molecule has 7 atom stereocenters. The first-order valence-electron chi connectivity index (χ1n) is 19.4. The number of hydrogen-bond donors (Lipinski definition) is 0. The monoisotopic (exact) mass is 742 g/mol. The molecule has 1 aromatic carbocycles. The maximum absolute atomic E-state index is 12.3. The van der Waals surface area contributed by atoms with Crippen molar-refractivity contribution in [2.75, 3.05) is 23.2 Å². The summed E-state index contributed by atoms with van der Waals surface area (Å²) in [5, 5.41) is 2.31. The van der Waals surface area contributed by atoms with Crippen LogP contribution in [0.2, 0.25) is 0 Å². The predicted octanol–water partition coefficient (Wildman–Crippen LogP) is 10.8. The number of hydrogen-bond acceptors (Lipinski definition) is 4. The van der Waals surface area contributed by atoms with Crippen LogP contribution in [-0.4, -0.2) is 33.8 Å². The van der Waals surface area contributed by atoms with Crippen LogP contribution in [0.4, 0.5) is 5.69 Å². The van der Waals surface area contributed by atoms with Gasteiger partial charge in [0, 0.05) is 0 Å². The molecule has 6 heteroatoms. The van der Waals surface area contributed by atoms with Crippen molar-refractivity contribution in [2.45, 2.75) is 135 Å². The first-order valence-corrected chi connectivity index (χ1v) is 23.1. The number of fused-ring (bicyclic) bond motifs is 1. The van der Waals surface area contributed by atoms with Gasteiger partial charge in [-0.25, -0.2) is 0 Å². The molecule has 1 aromatic rings. The summed E-state index contributed by atoms with van der Waals surface area (Å²) < 4.78 is 13.0. The Morgan fingerprint density at radius 1 is 0.891 bits per heavy atom. The zero-order chi connectivity index (χ0) is 31.3. The minimum absolute atomic E-state index is 0.304. The van der Waals surface area contributed by atoms with Gasteiger partial charge in [0.15, 0.2) is 0 Å². The number of anilines is 1.